The van der Waals surface area contributed by atoms with E-state index in [1.54, 1.807) is 4.90 Å². The first kappa shape index (κ1) is 11.9. The second-order valence-corrected chi connectivity index (χ2v) is 4.56. The van der Waals surface area contributed by atoms with Crippen molar-refractivity contribution < 1.29 is 0 Å². The van der Waals surface area contributed by atoms with E-state index in [1.807, 2.05) is 14.1 Å². The van der Waals surface area contributed by atoms with Gasteiger partial charge in [-0.25, -0.2) is 4.99 Å². The minimum absolute atomic E-state index is 0.511. The Bertz CT molecular complexity index is 406. The number of hydrogen-bond donors (Lipinski definition) is 1. The van der Waals surface area contributed by atoms with Crippen molar-refractivity contribution in [2.45, 2.75) is 38.8 Å². The average Bonchev–Trinajstić information content (AvgIpc) is 2.54. The maximum atomic E-state index is 5.76. The predicted molar refractivity (Wildman–Crippen MR) is 66.6 cm³/mol. The molecule has 0 amide bonds. The van der Waals surface area contributed by atoms with Gasteiger partial charge in [-0.2, -0.15) is 0 Å². The summed E-state index contributed by atoms with van der Waals surface area (Å²) in [6, 6.07) is 0. The number of aliphatic imine (C=N–C) groups is 1. The molecule has 2 N–H and O–H groups in total. The first-order valence-electron chi connectivity index (χ1n) is 6.06. The molecule has 0 aromatic carbocycles. The molecule has 0 saturated carbocycles. The average molecular weight is 236 g/mol. The molecule has 94 valence electrons. The zero-order valence-corrected chi connectivity index (χ0v) is 10.6. The van der Waals surface area contributed by atoms with E-state index in [9.17, 15) is 0 Å². The van der Waals surface area contributed by atoms with Crippen molar-refractivity contribution in [3.05, 3.63) is 11.6 Å². The highest BCUT2D eigenvalue weighted by atomic mass is 15.3. The minimum atomic E-state index is 0.511. The third-order valence-corrected chi connectivity index (χ3v) is 3.03. The molecule has 0 atom stereocenters. The third-order valence-electron chi connectivity index (χ3n) is 3.03. The van der Waals surface area contributed by atoms with E-state index in [2.05, 4.69) is 19.8 Å². The van der Waals surface area contributed by atoms with E-state index in [1.165, 1.54) is 19.3 Å². The maximum absolute atomic E-state index is 5.76. The molecule has 0 aliphatic carbocycles. The van der Waals surface area contributed by atoms with Crippen molar-refractivity contribution in [2.24, 2.45) is 10.7 Å². The number of aromatic nitrogens is 3. The van der Waals surface area contributed by atoms with E-state index in [4.69, 9.17) is 5.73 Å². The molecular formula is C11H20N6. The molecule has 1 aliphatic rings. The Morgan fingerprint density at radius 1 is 1.35 bits per heavy atom. The molecule has 2 heterocycles. The number of hydrogen-bond acceptors (Lipinski definition) is 3. The lowest BCUT2D eigenvalue weighted by atomic mass is 10.2. The van der Waals surface area contributed by atoms with Crippen LogP contribution >= 0.6 is 0 Å². The standard InChI is InChI=1S/C11H20N6/c1-16(2)11(12)13-8-10-15-14-9-6-4-3-5-7-17(9)10/h3-8H2,1-2H3,(H2,12,13). The summed E-state index contributed by atoms with van der Waals surface area (Å²) < 4.78 is 2.19. The summed E-state index contributed by atoms with van der Waals surface area (Å²) in [5.41, 5.74) is 5.76. The van der Waals surface area contributed by atoms with Gasteiger partial charge in [-0.1, -0.05) is 6.42 Å². The molecule has 0 bridgehead atoms. The van der Waals surface area contributed by atoms with Crippen LogP contribution in [-0.4, -0.2) is 39.7 Å². The molecule has 6 nitrogen and oxygen atoms in total. The fourth-order valence-electron chi connectivity index (χ4n) is 1.96. The highest BCUT2D eigenvalue weighted by molar-refractivity contribution is 5.77. The molecule has 1 aromatic heterocycles. The van der Waals surface area contributed by atoms with E-state index < -0.39 is 0 Å². The Morgan fingerprint density at radius 2 is 2.18 bits per heavy atom. The highest BCUT2D eigenvalue weighted by Crippen LogP contribution is 2.14. The van der Waals surface area contributed by atoms with E-state index >= 15 is 0 Å². The molecule has 0 spiro atoms. The van der Waals surface area contributed by atoms with E-state index in [0.717, 1.165) is 24.6 Å². The van der Waals surface area contributed by atoms with Gasteiger partial charge in [0.2, 0.25) is 0 Å². The lowest BCUT2D eigenvalue weighted by Gasteiger charge is -2.10. The van der Waals surface area contributed by atoms with Crippen LogP contribution in [0.2, 0.25) is 0 Å². The minimum Gasteiger partial charge on any atom is -0.370 e. The number of rotatable bonds is 2. The first-order chi connectivity index (χ1) is 8.18. The van der Waals surface area contributed by atoms with Gasteiger partial charge in [0.1, 0.15) is 12.4 Å². The molecule has 0 radical (unpaired) electrons. The summed E-state index contributed by atoms with van der Waals surface area (Å²) in [6.07, 6.45) is 4.71. The van der Waals surface area contributed by atoms with Gasteiger partial charge in [0.15, 0.2) is 11.8 Å². The Morgan fingerprint density at radius 3 is 2.94 bits per heavy atom. The van der Waals surface area contributed by atoms with Gasteiger partial charge in [-0.15, -0.1) is 10.2 Å². The van der Waals surface area contributed by atoms with Crippen LogP contribution in [0.4, 0.5) is 0 Å². The van der Waals surface area contributed by atoms with Crippen molar-refractivity contribution in [3.8, 4) is 0 Å². The second kappa shape index (κ2) is 5.16. The van der Waals surface area contributed by atoms with Gasteiger partial charge in [-0.05, 0) is 12.8 Å². The molecule has 0 fully saturated rings. The van der Waals surface area contributed by atoms with Crippen LogP contribution in [-0.2, 0) is 19.5 Å². The van der Waals surface area contributed by atoms with Gasteiger partial charge in [-0.3, -0.25) is 0 Å². The lowest BCUT2D eigenvalue weighted by molar-refractivity contribution is 0.592. The van der Waals surface area contributed by atoms with Gasteiger partial charge in [0.25, 0.3) is 0 Å². The smallest absolute Gasteiger partial charge is 0.191 e. The Labute approximate surface area is 102 Å². The van der Waals surface area contributed by atoms with Crippen LogP contribution in [0.5, 0.6) is 0 Å². The largest absolute Gasteiger partial charge is 0.370 e. The van der Waals surface area contributed by atoms with Gasteiger partial charge >= 0.3 is 0 Å². The molecule has 2 rings (SSSR count). The summed E-state index contributed by atoms with van der Waals surface area (Å²) in [6.45, 7) is 1.52. The Kier molecular flexibility index (Phi) is 3.61. The summed E-state index contributed by atoms with van der Waals surface area (Å²) >= 11 is 0. The molecule has 0 saturated heterocycles. The van der Waals surface area contributed by atoms with Crippen molar-refractivity contribution in [1.82, 2.24) is 19.7 Å². The van der Waals surface area contributed by atoms with E-state index in [-0.39, 0.29) is 0 Å². The number of guanidine groups is 1. The van der Waals surface area contributed by atoms with Crippen LogP contribution in [0, 0.1) is 0 Å². The zero-order valence-electron chi connectivity index (χ0n) is 10.6. The third kappa shape index (κ3) is 2.75. The summed E-state index contributed by atoms with van der Waals surface area (Å²) in [5, 5.41) is 8.43. The molecule has 17 heavy (non-hydrogen) atoms. The van der Waals surface area contributed by atoms with Gasteiger partial charge in [0.05, 0.1) is 0 Å². The maximum Gasteiger partial charge on any atom is 0.191 e. The number of nitrogens with zero attached hydrogens (tertiary/aromatic N) is 5. The van der Waals surface area contributed by atoms with Crippen LogP contribution in [0.25, 0.3) is 0 Å². The monoisotopic (exact) mass is 236 g/mol. The lowest BCUT2D eigenvalue weighted by Crippen LogP contribution is -2.30. The van der Waals surface area contributed by atoms with Gasteiger partial charge < -0.3 is 15.2 Å². The van der Waals surface area contributed by atoms with Crippen molar-refractivity contribution in [1.29, 1.82) is 0 Å². The summed E-state index contributed by atoms with van der Waals surface area (Å²) in [7, 11) is 3.76. The summed E-state index contributed by atoms with van der Waals surface area (Å²) in [4.78, 5) is 6.09. The molecular weight excluding hydrogens is 216 g/mol. The summed E-state index contributed by atoms with van der Waals surface area (Å²) in [5.74, 6) is 2.54. The molecule has 1 aliphatic heterocycles. The Balaban J connectivity index is 2.12. The van der Waals surface area contributed by atoms with Crippen LogP contribution in [0.3, 0.4) is 0 Å². The number of nitrogens with two attached hydrogens (primary N) is 1. The topological polar surface area (TPSA) is 72.3 Å². The number of fused-ring (bicyclic) bond motifs is 1. The van der Waals surface area contributed by atoms with Crippen molar-refractivity contribution >= 4 is 5.96 Å². The predicted octanol–water partition coefficient (Wildman–Crippen LogP) is 0.381. The Hall–Kier alpha value is -1.59. The van der Waals surface area contributed by atoms with Crippen LogP contribution < -0.4 is 5.73 Å². The van der Waals surface area contributed by atoms with Crippen molar-refractivity contribution in [3.63, 3.8) is 0 Å². The molecule has 1 aromatic rings. The molecule has 0 unspecified atom stereocenters. The SMILES string of the molecule is CN(C)C(N)=NCc1nnc2n1CCCCC2. The van der Waals surface area contributed by atoms with Crippen LogP contribution in [0.1, 0.15) is 30.9 Å². The highest BCUT2D eigenvalue weighted by Gasteiger charge is 2.14. The fraction of sp³-hybridized carbons (Fsp3) is 0.727. The van der Waals surface area contributed by atoms with Crippen molar-refractivity contribution in [2.75, 3.05) is 14.1 Å². The van der Waals surface area contributed by atoms with Gasteiger partial charge in [0, 0.05) is 27.1 Å². The van der Waals surface area contributed by atoms with E-state index in [0.29, 0.717) is 12.5 Å². The zero-order chi connectivity index (χ0) is 12.3. The first-order valence-corrected chi connectivity index (χ1v) is 6.06. The second-order valence-electron chi connectivity index (χ2n) is 4.56. The molecule has 6 heteroatoms. The fourth-order valence-corrected chi connectivity index (χ4v) is 1.96. The quantitative estimate of drug-likeness (QED) is 0.595. The van der Waals surface area contributed by atoms with Crippen LogP contribution in [0.15, 0.2) is 4.99 Å². The normalized spacial score (nSPS) is 16.5. The number of aryl methyl sites for hydroxylation is 1.